The van der Waals surface area contributed by atoms with Crippen molar-refractivity contribution in [3.63, 3.8) is 0 Å². The van der Waals surface area contributed by atoms with Crippen molar-refractivity contribution in [2.45, 2.75) is 51.5 Å². The van der Waals surface area contributed by atoms with Crippen LogP contribution in [0.4, 0.5) is 0 Å². The van der Waals surface area contributed by atoms with Gasteiger partial charge in [-0.3, -0.25) is 4.98 Å². The van der Waals surface area contributed by atoms with Crippen LogP contribution in [0, 0.1) is 0 Å². The fraction of sp³-hybridized carbons (Fsp3) is 0.562. The minimum absolute atomic E-state index is 0.272. The highest BCUT2D eigenvalue weighted by atomic mass is 79.9. The SMILES string of the molecule is CCCNC(C1=CCCCCC1)c1ncccc1Br. The second-order valence-corrected chi connectivity index (χ2v) is 5.99. The van der Waals surface area contributed by atoms with Gasteiger partial charge in [0.05, 0.1) is 11.7 Å². The largest absolute Gasteiger partial charge is 0.305 e. The number of pyridine rings is 1. The molecule has 0 saturated carbocycles. The van der Waals surface area contributed by atoms with Crippen LogP contribution in [0.3, 0.4) is 0 Å². The smallest absolute Gasteiger partial charge is 0.0756 e. The van der Waals surface area contributed by atoms with Crippen molar-refractivity contribution >= 4 is 15.9 Å². The first-order valence-electron chi connectivity index (χ1n) is 7.35. The minimum atomic E-state index is 0.272. The number of aromatic nitrogens is 1. The van der Waals surface area contributed by atoms with E-state index in [0.717, 1.165) is 23.1 Å². The number of allylic oxidation sites excluding steroid dienone is 1. The number of nitrogens with zero attached hydrogens (tertiary/aromatic N) is 1. The molecule has 1 atom stereocenters. The number of nitrogens with one attached hydrogen (secondary N) is 1. The highest BCUT2D eigenvalue weighted by Crippen LogP contribution is 2.31. The zero-order chi connectivity index (χ0) is 13.5. The average molecular weight is 323 g/mol. The lowest BCUT2D eigenvalue weighted by Gasteiger charge is -2.22. The molecule has 0 bridgehead atoms. The van der Waals surface area contributed by atoms with E-state index in [9.17, 15) is 0 Å². The third-order valence-electron chi connectivity index (χ3n) is 3.61. The summed E-state index contributed by atoms with van der Waals surface area (Å²) in [4.78, 5) is 4.59. The summed E-state index contributed by atoms with van der Waals surface area (Å²) in [5.74, 6) is 0. The van der Waals surface area contributed by atoms with Crippen LogP contribution in [0.2, 0.25) is 0 Å². The van der Waals surface area contributed by atoms with Gasteiger partial charge in [-0.15, -0.1) is 0 Å². The Morgan fingerprint density at radius 1 is 1.37 bits per heavy atom. The van der Waals surface area contributed by atoms with Crippen LogP contribution in [0.1, 0.15) is 57.2 Å². The zero-order valence-corrected chi connectivity index (χ0v) is 13.2. The van der Waals surface area contributed by atoms with Crippen LogP contribution in [-0.4, -0.2) is 11.5 Å². The molecule has 1 aliphatic carbocycles. The second-order valence-electron chi connectivity index (χ2n) is 5.14. The second kappa shape index (κ2) is 7.81. The number of halogens is 1. The summed E-state index contributed by atoms with van der Waals surface area (Å²) in [7, 11) is 0. The molecule has 19 heavy (non-hydrogen) atoms. The molecule has 0 saturated heterocycles. The van der Waals surface area contributed by atoms with Gasteiger partial charge in [0.1, 0.15) is 0 Å². The minimum Gasteiger partial charge on any atom is -0.305 e. The van der Waals surface area contributed by atoms with Gasteiger partial charge < -0.3 is 5.32 Å². The Labute approximate surface area is 124 Å². The fourth-order valence-corrected chi connectivity index (χ4v) is 3.09. The van der Waals surface area contributed by atoms with Crippen molar-refractivity contribution in [3.8, 4) is 0 Å². The van der Waals surface area contributed by atoms with Crippen molar-refractivity contribution in [2.75, 3.05) is 6.54 Å². The van der Waals surface area contributed by atoms with E-state index in [2.05, 4.69) is 45.3 Å². The lowest BCUT2D eigenvalue weighted by atomic mass is 9.98. The number of hydrogen-bond donors (Lipinski definition) is 1. The summed E-state index contributed by atoms with van der Waals surface area (Å²) in [6, 6.07) is 4.33. The molecule has 2 nitrogen and oxygen atoms in total. The lowest BCUT2D eigenvalue weighted by molar-refractivity contribution is 0.554. The van der Waals surface area contributed by atoms with Gasteiger partial charge in [-0.25, -0.2) is 0 Å². The normalized spacial score (nSPS) is 17.7. The molecule has 0 amide bonds. The molecule has 104 valence electrons. The first-order valence-corrected chi connectivity index (χ1v) is 8.15. The molecule has 0 fully saturated rings. The van der Waals surface area contributed by atoms with E-state index in [-0.39, 0.29) is 6.04 Å². The molecular weight excluding hydrogens is 300 g/mol. The summed E-state index contributed by atoms with van der Waals surface area (Å²) in [5.41, 5.74) is 2.65. The molecule has 2 rings (SSSR count). The van der Waals surface area contributed by atoms with Crippen LogP contribution in [-0.2, 0) is 0 Å². The molecule has 0 spiro atoms. The van der Waals surface area contributed by atoms with E-state index >= 15 is 0 Å². The van der Waals surface area contributed by atoms with Gasteiger partial charge in [-0.2, -0.15) is 0 Å². The van der Waals surface area contributed by atoms with E-state index in [1.165, 1.54) is 37.7 Å². The van der Waals surface area contributed by atoms with Crippen molar-refractivity contribution in [2.24, 2.45) is 0 Å². The lowest BCUT2D eigenvalue weighted by Crippen LogP contribution is -2.25. The Bertz CT molecular complexity index is 429. The monoisotopic (exact) mass is 322 g/mol. The predicted molar refractivity (Wildman–Crippen MR) is 84.1 cm³/mol. The Morgan fingerprint density at radius 2 is 2.26 bits per heavy atom. The first-order chi connectivity index (χ1) is 9.33. The quantitative estimate of drug-likeness (QED) is 0.789. The molecule has 1 aliphatic rings. The molecule has 1 heterocycles. The summed E-state index contributed by atoms with van der Waals surface area (Å²) in [6.07, 6.45) is 11.9. The van der Waals surface area contributed by atoms with Crippen molar-refractivity contribution in [1.82, 2.24) is 10.3 Å². The summed E-state index contributed by atoms with van der Waals surface area (Å²) >= 11 is 3.65. The fourth-order valence-electron chi connectivity index (χ4n) is 2.60. The summed E-state index contributed by atoms with van der Waals surface area (Å²) < 4.78 is 1.11. The first kappa shape index (κ1) is 14.7. The van der Waals surface area contributed by atoms with Gasteiger partial charge in [0.15, 0.2) is 0 Å². The van der Waals surface area contributed by atoms with Crippen LogP contribution >= 0.6 is 15.9 Å². The third kappa shape index (κ3) is 4.15. The molecule has 0 aliphatic heterocycles. The van der Waals surface area contributed by atoms with Crippen LogP contribution in [0.15, 0.2) is 34.5 Å². The van der Waals surface area contributed by atoms with Crippen molar-refractivity contribution in [3.05, 3.63) is 40.1 Å². The zero-order valence-electron chi connectivity index (χ0n) is 11.7. The molecule has 0 aromatic carbocycles. The van der Waals surface area contributed by atoms with Gasteiger partial charge in [-0.1, -0.05) is 25.0 Å². The van der Waals surface area contributed by atoms with Gasteiger partial charge >= 0.3 is 0 Å². The maximum atomic E-state index is 4.59. The van der Waals surface area contributed by atoms with E-state index < -0.39 is 0 Å². The Balaban J connectivity index is 2.24. The molecule has 1 N–H and O–H groups in total. The average Bonchev–Trinajstić information content (AvgIpc) is 2.70. The highest BCUT2D eigenvalue weighted by molar-refractivity contribution is 9.10. The Hall–Kier alpha value is -0.670. The molecule has 1 unspecified atom stereocenters. The summed E-state index contributed by atoms with van der Waals surface area (Å²) in [5, 5.41) is 3.66. The molecule has 3 heteroatoms. The highest BCUT2D eigenvalue weighted by Gasteiger charge is 2.20. The Morgan fingerprint density at radius 3 is 3.05 bits per heavy atom. The van der Waals surface area contributed by atoms with Crippen LogP contribution in [0.5, 0.6) is 0 Å². The molecule has 1 aromatic heterocycles. The maximum Gasteiger partial charge on any atom is 0.0756 e. The van der Waals surface area contributed by atoms with Crippen molar-refractivity contribution < 1.29 is 0 Å². The van der Waals surface area contributed by atoms with Crippen LogP contribution in [0.25, 0.3) is 0 Å². The van der Waals surface area contributed by atoms with Gasteiger partial charge in [0.2, 0.25) is 0 Å². The number of hydrogen-bond acceptors (Lipinski definition) is 2. The van der Waals surface area contributed by atoms with E-state index in [1.807, 2.05) is 12.3 Å². The van der Waals surface area contributed by atoms with Crippen LogP contribution < -0.4 is 5.32 Å². The van der Waals surface area contributed by atoms with Gasteiger partial charge in [0, 0.05) is 10.7 Å². The standard InChI is InChI=1S/C16H23BrN2/c1-2-11-18-15(13-8-5-3-4-6-9-13)16-14(17)10-7-12-19-16/h7-8,10,12,15,18H,2-6,9,11H2,1H3. The van der Waals surface area contributed by atoms with Gasteiger partial charge in [-0.05, 0) is 66.7 Å². The third-order valence-corrected chi connectivity index (χ3v) is 4.28. The number of rotatable bonds is 5. The maximum absolute atomic E-state index is 4.59. The predicted octanol–water partition coefficient (Wildman–Crippen LogP) is 4.78. The topological polar surface area (TPSA) is 24.9 Å². The van der Waals surface area contributed by atoms with E-state index in [1.54, 1.807) is 0 Å². The van der Waals surface area contributed by atoms with E-state index in [0.29, 0.717) is 0 Å². The molecule has 0 radical (unpaired) electrons. The van der Waals surface area contributed by atoms with Gasteiger partial charge in [0.25, 0.3) is 0 Å². The molecule has 1 aromatic rings. The Kier molecular flexibility index (Phi) is 6.05. The van der Waals surface area contributed by atoms with Crippen molar-refractivity contribution in [1.29, 1.82) is 0 Å². The van der Waals surface area contributed by atoms with E-state index in [4.69, 9.17) is 0 Å². The summed E-state index contributed by atoms with van der Waals surface area (Å²) in [6.45, 7) is 3.24. The molecular formula is C16H23BrN2.